The van der Waals surface area contributed by atoms with E-state index >= 15 is 0 Å². The molecule has 1 heterocycles. The Morgan fingerprint density at radius 1 is 1.10 bits per heavy atom. The van der Waals surface area contributed by atoms with Crippen molar-refractivity contribution in [2.45, 2.75) is 6.10 Å². The highest BCUT2D eigenvalue weighted by Crippen LogP contribution is 2.13. The van der Waals surface area contributed by atoms with Crippen molar-refractivity contribution in [3.8, 4) is 0 Å². The normalized spacial score (nSPS) is 12.2. The molecular formula is C16H15N3O2. The number of hydrogen-bond acceptors (Lipinski definition) is 4. The summed E-state index contributed by atoms with van der Waals surface area (Å²) in [5.41, 5.74) is 1.24. The number of benzene rings is 2. The molecule has 5 nitrogen and oxygen atoms in total. The number of anilines is 1. The number of rotatable bonds is 4. The van der Waals surface area contributed by atoms with Crippen molar-refractivity contribution in [3.05, 3.63) is 70.5 Å². The summed E-state index contributed by atoms with van der Waals surface area (Å²) in [6.07, 6.45) is -0.664. The lowest BCUT2D eigenvalue weighted by Crippen LogP contribution is -2.17. The summed E-state index contributed by atoms with van der Waals surface area (Å²) in [5.74, 6) is 0.355. The van der Waals surface area contributed by atoms with E-state index in [1.54, 1.807) is 18.2 Å². The first kappa shape index (κ1) is 13.3. The van der Waals surface area contributed by atoms with Crippen LogP contribution in [0.5, 0.6) is 0 Å². The predicted molar refractivity (Wildman–Crippen MR) is 82.3 cm³/mol. The van der Waals surface area contributed by atoms with E-state index in [1.165, 1.54) is 0 Å². The first-order chi connectivity index (χ1) is 10.2. The molecule has 0 bridgehead atoms. The Balaban J connectivity index is 1.78. The number of nitrogens with one attached hydrogen (secondary N) is 2. The van der Waals surface area contributed by atoms with Gasteiger partial charge in [-0.1, -0.05) is 42.5 Å². The maximum atomic E-state index is 11.9. The van der Waals surface area contributed by atoms with E-state index in [0.717, 1.165) is 5.56 Å². The fourth-order valence-electron chi connectivity index (χ4n) is 2.16. The topological polar surface area (TPSA) is 78.0 Å². The summed E-state index contributed by atoms with van der Waals surface area (Å²) in [4.78, 5) is 18.9. The molecule has 0 saturated heterocycles. The van der Waals surface area contributed by atoms with Gasteiger partial charge in [0.2, 0.25) is 5.95 Å². The first-order valence-corrected chi connectivity index (χ1v) is 6.70. The third kappa shape index (κ3) is 2.93. The van der Waals surface area contributed by atoms with Gasteiger partial charge in [0.1, 0.15) is 0 Å². The SMILES string of the molecule is O=c1[nH]c(NCC(O)c2ccccc2)nc2ccccc12. The molecule has 21 heavy (non-hydrogen) atoms. The quantitative estimate of drug-likeness (QED) is 0.684. The van der Waals surface area contributed by atoms with E-state index in [2.05, 4.69) is 15.3 Å². The first-order valence-electron chi connectivity index (χ1n) is 6.70. The Bertz CT molecular complexity index is 799. The van der Waals surface area contributed by atoms with Crippen LogP contribution in [0, 0.1) is 0 Å². The van der Waals surface area contributed by atoms with Crippen LogP contribution in [0.25, 0.3) is 10.9 Å². The van der Waals surface area contributed by atoms with Crippen molar-refractivity contribution >= 4 is 16.9 Å². The number of H-pyrrole nitrogens is 1. The average molecular weight is 281 g/mol. The molecule has 2 aromatic carbocycles. The Hall–Kier alpha value is -2.66. The zero-order valence-electron chi connectivity index (χ0n) is 11.3. The molecule has 0 saturated carbocycles. The van der Waals surface area contributed by atoms with E-state index in [4.69, 9.17) is 0 Å². The molecule has 0 spiro atoms. The van der Waals surface area contributed by atoms with Crippen molar-refractivity contribution in [2.24, 2.45) is 0 Å². The molecule has 3 aromatic rings. The monoisotopic (exact) mass is 281 g/mol. The molecule has 0 aliphatic heterocycles. The number of para-hydroxylation sites is 1. The number of fused-ring (bicyclic) bond motifs is 1. The maximum Gasteiger partial charge on any atom is 0.260 e. The molecule has 0 fully saturated rings. The fourth-order valence-corrected chi connectivity index (χ4v) is 2.16. The molecule has 0 aliphatic carbocycles. The minimum atomic E-state index is -0.664. The number of aliphatic hydroxyl groups is 1. The second-order valence-electron chi connectivity index (χ2n) is 4.74. The van der Waals surface area contributed by atoms with E-state index in [-0.39, 0.29) is 12.1 Å². The zero-order valence-corrected chi connectivity index (χ0v) is 11.3. The molecule has 106 valence electrons. The molecule has 0 radical (unpaired) electrons. The van der Waals surface area contributed by atoms with Crippen molar-refractivity contribution in [1.82, 2.24) is 9.97 Å². The summed E-state index contributed by atoms with van der Waals surface area (Å²) in [6.45, 7) is 0.269. The van der Waals surface area contributed by atoms with Gasteiger partial charge in [-0.05, 0) is 17.7 Å². The third-order valence-electron chi connectivity index (χ3n) is 3.26. The Labute approximate surface area is 121 Å². The maximum absolute atomic E-state index is 11.9. The van der Waals surface area contributed by atoms with E-state index in [1.807, 2.05) is 36.4 Å². The van der Waals surface area contributed by atoms with Crippen LogP contribution >= 0.6 is 0 Å². The second-order valence-corrected chi connectivity index (χ2v) is 4.74. The van der Waals surface area contributed by atoms with Crippen molar-refractivity contribution in [2.75, 3.05) is 11.9 Å². The summed E-state index contributed by atoms with van der Waals surface area (Å²) in [6, 6.07) is 16.5. The van der Waals surface area contributed by atoms with Crippen molar-refractivity contribution in [1.29, 1.82) is 0 Å². The van der Waals surface area contributed by atoms with E-state index < -0.39 is 6.10 Å². The molecule has 1 atom stereocenters. The van der Waals surface area contributed by atoms with Crippen LogP contribution in [0.3, 0.4) is 0 Å². The average Bonchev–Trinajstić information content (AvgIpc) is 2.53. The van der Waals surface area contributed by atoms with Gasteiger partial charge in [-0.15, -0.1) is 0 Å². The predicted octanol–water partition coefficient (Wildman–Crippen LogP) is 2.07. The molecule has 0 amide bonds. The third-order valence-corrected chi connectivity index (χ3v) is 3.26. The van der Waals surface area contributed by atoms with Gasteiger partial charge in [0.25, 0.3) is 5.56 Å². The Morgan fingerprint density at radius 3 is 2.62 bits per heavy atom. The van der Waals surface area contributed by atoms with Gasteiger partial charge in [0.15, 0.2) is 0 Å². The number of hydrogen-bond donors (Lipinski definition) is 3. The van der Waals surface area contributed by atoms with Crippen molar-refractivity contribution < 1.29 is 5.11 Å². The summed E-state index contributed by atoms with van der Waals surface area (Å²) in [7, 11) is 0. The molecule has 1 aromatic heterocycles. The molecule has 5 heteroatoms. The smallest absolute Gasteiger partial charge is 0.260 e. The minimum absolute atomic E-state index is 0.197. The van der Waals surface area contributed by atoms with Crippen LogP contribution < -0.4 is 10.9 Å². The minimum Gasteiger partial charge on any atom is -0.387 e. The van der Waals surface area contributed by atoms with Gasteiger partial charge in [-0.25, -0.2) is 4.98 Å². The van der Waals surface area contributed by atoms with Crippen LogP contribution in [-0.2, 0) is 0 Å². The van der Waals surface area contributed by atoms with E-state index in [9.17, 15) is 9.90 Å². The second kappa shape index (κ2) is 5.76. The van der Waals surface area contributed by atoms with Crippen LogP contribution in [-0.4, -0.2) is 21.6 Å². The summed E-state index contributed by atoms with van der Waals surface area (Å²) in [5, 5.41) is 13.6. The Kier molecular flexibility index (Phi) is 3.66. The van der Waals surface area contributed by atoms with Gasteiger partial charge in [-0.3, -0.25) is 9.78 Å². The van der Waals surface area contributed by atoms with Crippen molar-refractivity contribution in [3.63, 3.8) is 0 Å². The highest BCUT2D eigenvalue weighted by atomic mass is 16.3. The highest BCUT2D eigenvalue weighted by molar-refractivity contribution is 5.78. The van der Waals surface area contributed by atoms with Gasteiger partial charge >= 0.3 is 0 Å². The van der Waals surface area contributed by atoms with Crippen LogP contribution in [0.4, 0.5) is 5.95 Å². The van der Waals surface area contributed by atoms with Crippen LogP contribution in [0.1, 0.15) is 11.7 Å². The molecule has 0 aliphatic rings. The van der Waals surface area contributed by atoms with Gasteiger partial charge < -0.3 is 10.4 Å². The lowest BCUT2D eigenvalue weighted by Gasteiger charge is -2.12. The molecule has 3 N–H and O–H groups in total. The number of aromatic nitrogens is 2. The zero-order chi connectivity index (χ0) is 14.7. The largest absolute Gasteiger partial charge is 0.387 e. The number of aliphatic hydroxyl groups excluding tert-OH is 1. The van der Waals surface area contributed by atoms with Crippen LogP contribution in [0.15, 0.2) is 59.4 Å². The number of aromatic amines is 1. The van der Waals surface area contributed by atoms with Gasteiger partial charge in [-0.2, -0.15) is 0 Å². The summed E-state index contributed by atoms with van der Waals surface area (Å²) >= 11 is 0. The highest BCUT2D eigenvalue weighted by Gasteiger charge is 2.08. The molecule has 3 rings (SSSR count). The number of nitrogens with zero attached hydrogens (tertiary/aromatic N) is 1. The lowest BCUT2D eigenvalue weighted by atomic mass is 10.1. The summed E-state index contributed by atoms with van der Waals surface area (Å²) < 4.78 is 0. The standard InChI is InChI=1S/C16H15N3O2/c20-14(11-6-2-1-3-7-11)10-17-16-18-13-9-5-4-8-12(13)15(21)19-16/h1-9,14,20H,10H2,(H2,17,18,19,21). The molecular weight excluding hydrogens is 266 g/mol. The Morgan fingerprint density at radius 2 is 1.81 bits per heavy atom. The fraction of sp³-hybridized carbons (Fsp3) is 0.125. The van der Waals surface area contributed by atoms with E-state index in [0.29, 0.717) is 16.9 Å². The van der Waals surface area contributed by atoms with Gasteiger partial charge in [0, 0.05) is 6.54 Å². The van der Waals surface area contributed by atoms with Crippen LogP contribution in [0.2, 0.25) is 0 Å². The lowest BCUT2D eigenvalue weighted by molar-refractivity contribution is 0.191. The molecule has 1 unspecified atom stereocenters. The van der Waals surface area contributed by atoms with Gasteiger partial charge in [0.05, 0.1) is 17.0 Å².